The van der Waals surface area contributed by atoms with Gasteiger partial charge in [-0.05, 0) is 30.9 Å². The van der Waals surface area contributed by atoms with E-state index in [1.807, 2.05) is 35.0 Å². The van der Waals surface area contributed by atoms with E-state index in [9.17, 15) is 9.59 Å². The van der Waals surface area contributed by atoms with Crippen molar-refractivity contribution in [2.24, 2.45) is 5.92 Å². The highest BCUT2D eigenvalue weighted by atomic mass is 16.2. The molecule has 4 rings (SSSR count). The molecule has 1 aliphatic carbocycles. The standard InChI is InChI=1S/C17H20N4O2/c1-12-6-2-4-8-17(12)15(22)21(16(23)19-17)11-13-10-20-9-5-3-7-14(20)18-13/h3,5,7,9-10,12H,2,4,6,8,11H2,1H3,(H,19,23)/t12-,17+/m1/s1. The molecule has 2 aromatic rings. The van der Waals surface area contributed by atoms with E-state index < -0.39 is 5.54 Å². The van der Waals surface area contributed by atoms with Crippen LogP contribution in [0.15, 0.2) is 30.6 Å². The SMILES string of the molecule is C[C@@H]1CCCC[C@]12NC(=O)N(Cc1cn3ccccc3n1)C2=O. The van der Waals surface area contributed by atoms with E-state index in [0.717, 1.165) is 37.0 Å². The summed E-state index contributed by atoms with van der Waals surface area (Å²) in [7, 11) is 0. The van der Waals surface area contributed by atoms with Gasteiger partial charge in [0.1, 0.15) is 11.2 Å². The summed E-state index contributed by atoms with van der Waals surface area (Å²) in [4.78, 5) is 31.1. The van der Waals surface area contributed by atoms with Gasteiger partial charge in [-0.15, -0.1) is 0 Å². The molecule has 2 atom stereocenters. The van der Waals surface area contributed by atoms with Crippen LogP contribution in [-0.4, -0.2) is 31.8 Å². The molecule has 1 N–H and O–H groups in total. The van der Waals surface area contributed by atoms with Crippen LogP contribution in [0.5, 0.6) is 0 Å². The molecule has 0 bridgehead atoms. The first kappa shape index (κ1) is 14.2. The topological polar surface area (TPSA) is 66.7 Å². The van der Waals surface area contributed by atoms with Crippen LogP contribution >= 0.6 is 0 Å². The molecule has 0 aromatic carbocycles. The fourth-order valence-corrected chi connectivity index (χ4v) is 3.86. The zero-order valence-electron chi connectivity index (χ0n) is 13.2. The van der Waals surface area contributed by atoms with E-state index in [-0.39, 0.29) is 24.4 Å². The van der Waals surface area contributed by atoms with Crippen LogP contribution in [0, 0.1) is 5.92 Å². The molecule has 2 fully saturated rings. The molecule has 6 heteroatoms. The Balaban J connectivity index is 1.61. The second-order valence-electron chi connectivity index (χ2n) is 6.64. The van der Waals surface area contributed by atoms with E-state index in [0.29, 0.717) is 0 Å². The molecule has 23 heavy (non-hydrogen) atoms. The molecule has 1 aliphatic heterocycles. The van der Waals surface area contributed by atoms with Gasteiger partial charge in [-0.2, -0.15) is 0 Å². The Kier molecular flexibility index (Phi) is 3.14. The van der Waals surface area contributed by atoms with Crippen molar-refractivity contribution in [2.45, 2.75) is 44.7 Å². The van der Waals surface area contributed by atoms with Gasteiger partial charge in [0.05, 0.1) is 12.2 Å². The Morgan fingerprint density at radius 2 is 2.22 bits per heavy atom. The summed E-state index contributed by atoms with van der Waals surface area (Å²) >= 11 is 0. The maximum atomic E-state index is 12.9. The van der Waals surface area contributed by atoms with Crippen molar-refractivity contribution in [1.82, 2.24) is 19.6 Å². The summed E-state index contributed by atoms with van der Waals surface area (Å²) in [5, 5.41) is 2.98. The van der Waals surface area contributed by atoms with Gasteiger partial charge in [0.2, 0.25) is 0 Å². The van der Waals surface area contributed by atoms with Gasteiger partial charge in [0.15, 0.2) is 0 Å². The minimum atomic E-state index is -0.700. The molecule has 1 spiro atoms. The third-order valence-electron chi connectivity index (χ3n) is 5.24. The number of rotatable bonds is 2. The number of aromatic nitrogens is 2. The molecule has 0 radical (unpaired) electrons. The van der Waals surface area contributed by atoms with Gasteiger partial charge >= 0.3 is 6.03 Å². The lowest BCUT2D eigenvalue weighted by atomic mass is 9.73. The molecule has 0 unspecified atom stereocenters. The quantitative estimate of drug-likeness (QED) is 0.866. The van der Waals surface area contributed by atoms with Crippen LogP contribution in [0.2, 0.25) is 0 Å². The van der Waals surface area contributed by atoms with Crippen LogP contribution in [-0.2, 0) is 11.3 Å². The molecule has 1 saturated heterocycles. The average molecular weight is 312 g/mol. The smallest absolute Gasteiger partial charge is 0.323 e. The molecular formula is C17H20N4O2. The molecule has 2 aliphatic rings. The number of imide groups is 1. The fourth-order valence-electron chi connectivity index (χ4n) is 3.86. The molecule has 6 nitrogen and oxygen atoms in total. The van der Waals surface area contributed by atoms with Crippen molar-refractivity contribution >= 4 is 17.6 Å². The highest BCUT2D eigenvalue weighted by molar-refractivity contribution is 6.07. The minimum absolute atomic E-state index is 0.0910. The van der Waals surface area contributed by atoms with Gasteiger partial charge in [0.25, 0.3) is 5.91 Å². The predicted molar refractivity (Wildman–Crippen MR) is 84.6 cm³/mol. The Morgan fingerprint density at radius 1 is 1.35 bits per heavy atom. The van der Waals surface area contributed by atoms with Crippen molar-refractivity contribution in [3.8, 4) is 0 Å². The maximum absolute atomic E-state index is 12.9. The van der Waals surface area contributed by atoms with E-state index in [1.54, 1.807) is 0 Å². The highest BCUT2D eigenvalue weighted by Crippen LogP contribution is 2.38. The summed E-state index contributed by atoms with van der Waals surface area (Å²) < 4.78 is 1.90. The third kappa shape index (κ3) is 2.12. The lowest BCUT2D eigenvalue weighted by Gasteiger charge is -2.36. The number of nitrogens with zero attached hydrogens (tertiary/aromatic N) is 3. The largest absolute Gasteiger partial charge is 0.325 e. The first-order valence-corrected chi connectivity index (χ1v) is 8.17. The van der Waals surface area contributed by atoms with E-state index in [1.165, 1.54) is 4.90 Å². The van der Waals surface area contributed by atoms with Crippen molar-refractivity contribution in [3.05, 3.63) is 36.3 Å². The number of imidazole rings is 1. The number of carbonyl (C=O) groups excluding carboxylic acids is 2. The van der Waals surface area contributed by atoms with Gasteiger partial charge in [-0.25, -0.2) is 9.78 Å². The Hall–Kier alpha value is -2.37. The predicted octanol–water partition coefficient (Wildman–Crippen LogP) is 2.33. The Morgan fingerprint density at radius 3 is 3.00 bits per heavy atom. The monoisotopic (exact) mass is 312 g/mol. The molecular weight excluding hydrogens is 292 g/mol. The fraction of sp³-hybridized carbons (Fsp3) is 0.471. The summed E-state index contributed by atoms with van der Waals surface area (Å²) in [5.41, 5.74) is 0.838. The number of carbonyl (C=O) groups is 2. The number of hydrogen-bond acceptors (Lipinski definition) is 3. The number of urea groups is 1. The van der Waals surface area contributed by atoms with Crippen molar-refractivity contribution in [2.75, 3.05) is 0 Å². The molecule has 3 heterocycles. The van der Waals surface area contributed by atoms with Crippen molar-refractivity contribution in [3.63, 3.8) is 0 Å². The molecule has 3 amide bonds. The summed E-state index contributed by atoms with van der Waals surface area (Å²) in [6.07, 6.45) is 7.60. The number of amides is 3. The molecule has 2 aromatic heterocycles. The Labute approximate surface area is 134 Å². The third-order valence-corrected chi connectivity index (χ3v) is 5.24. The van der Waals surface area contributed by atoms with Crippen molar-refractivity contribution < 1.29 is 9.59 Å². The van der Waals surface area contributed by atoms with E-state index >= 15 is 0 Å². The van der Waals surface area contributed by atoms with Gasteiger partial charge < -0.3 is 9.72 Å². The number of hydrogen-bond donors (Lipinski definition) is 1. The molecule has 1 saturated carbocycles. The summed E-state index contributed by atoms with van der Waals surface area (Å²) in [6, 6.07) is 5.45. The first-order valence-electron chi connectivity index (χ1n) is 8.17. The van der Waals surface area contributed by atoms with Crippen LogP contribution in [0.4, 0.5) is 4.79 Å². The Bertz CT molecular complexity index is 751. The lowest BCUT2D eigenvalue weighted by Crippen LogP contribution is -2.53. The maximum Gasteiger partial charge on any atom is 0.325 e. The van der Waals surface area contributed by atoms with Crippen molar-refractivity contribution in [1.29, 1.82) is 0 Å². The normalized spacial score (nSPS) is 27.9. The number of nitrogens with one attached hydrogen (secondary N) is 1. The van der Waals surface area contributed by atoms with Crippen LogP contribution < -0.4 is 5.32 Å². The number of pyridine rings is 1. The van der Waals surface area contributed by atoms with Crippen LogP contribution in [0.25, 0.3) is 5.65 Å². The van der Waals surface area contributed by atoms with Gasteiger partial charge in [-0.1, -0.05) is 25.8 Å². The first-order chi connectivity index (χ1) is 11.1. The zero-order valence-corrected chi connectivity index (χ0v) is 13.2. The van der Waals surface area contributed by atoms with Crippen LogP contribution in [0.3, 0.4) is 0 Å². The van der Waals surface area contributed by atoms with Gasteiger partial charge in [-0.3, -0.25) is 9.69 Å². The summed E-state index contributed by atoms with van der Waals surface area (Å²) in [5.74, 6) is 0.0884. The summed E-state index contributed by atoms with van der Waals surface area (Å²) in [6.45, 7) is 2.28. The van der Waals surface area contributed by atoms with Gasteiger partial charge in [0, 0.05) is 12.4 Å². The second kappa shape index (κ2) is 5.08. The number of fused-ring (bicyclic) bond motifs is 1. The minimum Gasteiger partial charge on any atom is -0.323 e. The zero-order chi connectivity index (χ0) is 16.0. The molecule has 120 valence electrons. The van der Waals surface area contributed by atoms with Crippen LogP contribution in [0.1, 0.15) is 38.3 Å². The average Bonchev–Trinajstić information content (AvgIpc) is 3.05. The second-order valence-corrected chi connectivity index (χ2v) is 6.64. The lowest BCUT2D eigenvalue weighted by molar-refractivity contribution is -0.134. The highest BCUT2D eigenvalue weighted by Gasteiger charge is 2.54. The van der Waals surface area contributed by atoms with E-state index in [2.05, 4.69) is 17.2 Å². The van der Waals surface area contributed by atoms with E-state index in [4.69, 9.17) is 0 Å².